The van der Waals surface area contributed by atoms with E-state index in [1.54, 1.807) is 0 Å². The molecule has 0 heterocycles. The Morgan fingerprint density at radius 1 is 0.842 bits per heavy atom. The maximum absolute atomic E-state index is 5.75. The quantitative estimate of drug-likeness (QED) is 0.268. The molecule has 19 heavy (non-hydrogen) atoms. The molecule has 0 aliphatic carbocycles. The molecule has 116 valence electrons. The van der Waals surface area contributed by atoms with Gasteiger partial charge in [0.2, 0.25) is 0 Å². The van der Waals surface area contributed by atoms with Gasteiger partial charge in [0.25, 0.3) is 0 Å². The summed E-state index contributed by atoms with van der Waals surface area (Å²) in [5, 5.41) is 5.62. The van der Waals surface area contributed by atoms with Crippen LogP contribution in [0.1, 0.15) is 41.0 Å². The van der Waals surface area contributed by atoms with E-state index in [0.29, 0.717) is 19.8 Å². The molecule has 0 atom stereocenters. The van der Waals surface area contributed by atoms with Crippen LogP contribution in [0.3, 0.4) is 0 Å². The van der Waals surface area contributed by atoms with Gasteiger partial charge in [-0.05, 0) is 0 Å². The summed E-state index contributed by atoms with van der Waals surface area (Å²) in [6.45, 7) is 10.2. The first-order valence-electron chi connectivity index (χ1n) is 7.55. The van der Waals surface area contributed by atoms with Gasteiger partial charge in [-0.15, -0.1) is 0 Å². The minimum absolute atomic E-state index is 0.553. The molecule has 0 unspecified atom stereocenters. The summed E-state index contributed by atoms with van der Waals surface area (Å²) < 4.78 is 16.7. The molecule has 0 aromatic heterocycles. The molecule has 0 rings (SSSR count). The molecule has 0 aliphatic heterocycles. The van der Waals surface area contributed by atoms with E-state index < -0.39 is 20.0 Å². The molecule has 0 bridgehead atoms. The van der Waals surface area contributed by atoms with Crippen molar-refractivity contribution in [3.8, 4) is 0 Å². The van der Waals surface area contributed by atoms with Gasteiger partial charge in [-0.2, -0.15) is 0 Å². The van der Waals surface area contributed by atoms with Gasteiger partial charge in [0.15, 0.2) is 0 Å². The molecule has 0 radical (unpaired) electrons. The SMILES string of the molecule is CCOP(=S)(OCC)OCC[CH2][Ge]([CH2]C)([CH2]C)[CH2]C. The van der Waals surface area contributed by atoms with Crippen LogP contribution >= 0.6 is 6.72 Å². The minimum atomic E-state index is -2.47. The molecule has 0 N–H and O–H groups in total. The van der Waals surface area contributed by atoms with Crippen molar-refractivity contribution in [3.63, 3.8) is 0 Å². The molecular weight excluding hydrogens is 340 g/mol. The van der Waals surface area contributed by atoms with Crippen LogP contribution in [-0.4, -0.2) is 33.1 Å². The first-order chi connectivity index (χ1) is 9.01. The number of hydrogen-bond donors (Lipinski definition) is 0. The van der Waals surface area contributed by atoms with Crippen LogP contribution < -0.4 is 0 Å². The average molecular weight is 371 g/mol. The van der Waals surface area contributed by atoms with Gasteiger partial charge in [0.05, 0.1) is 0 Å². The van der Waals surface area contributed by atoms with Crippen molar-refractivity contribution in [1.29, 1.82) is 0 Å². The molecule has 0 aromatic rings. The Hall–Kier alpha value is 1.07. The van der Waals surface area contributed by atoms with Crippen molar-refractivity contribution in [2.75, 3.05) is 19.8 Å². The van der Waals surface area contributed by atoms with E-state index >= 15 is 0 Å². The molecule has 0 amide bonds. The van der Waals surface area contributed by atoms with E-state index in [0.717, 1.165) is 6.42 Å². The normalized spacial score (nSPS) is 12.9. The molecule has 0 aromatic carbocycles. The second-order valence-electron chi connectivity index (χ2n) is 4.78. The molecule has 6 heteroatoms. The third-order valence-electron chi connectivity index (χ3n) is 3.93. The summed E-state index contributed by atoms with van der Waals surface area (Å²) in [7, 11) is 0. The zero-order valence-electron chi connectivity index (χ0n) is 13.2. The van der Waals surface area contributed by atoms with Gasteiger partial charge in [0.1, 0.15) is 0 Å². The average Bonchev–Trinajstić information content (AvgIpc) is 2.40. The van der Waals surface area contributed by atoms with Crippen LogP contribution in [0.25, 0.3) is 0 Å². The van der Waals surface area contributed by atoms with E-state index in [-0.39, 0.29) is 0 Å². The summed E-state index contributed by atoms with van der Waals surface area (Å²) in [4.78, 5) is 0. The van der Waals surface area contributed by atoms with Crippen molar-refractivity contribution in [2.45, 2.75) is 62.1 Å². The van der Waals surface area contributed by atoms with E-state index in [9.17, 15) is 0 Å². The predicted molar refractivity (Wildman–Crippen MR) is 90.1 cm³/mol. The van der Waals surface area contributed by atoms with Gasteiger partial charge < -0.3 is 0 Å². The Morgan fingerprint density at radius 2 is 1.32 bits per heavy atom. The van der Waals surface area contributed by atoms with Crippen LogP contribution in [0.2, 0.25) is 21.0 Å². The molecule has 0 saturated heterocycles. The summed E-state index contributed by atoms with van der Waals surface area (Å²) in [5.41, 5.74) is 0. The second-order valence-corrected chi connectivity index (χ2v) is 19.6. The van der Waals surface area contributed by atoms with E-state index in [1.807, 2.05) is 13.8 Å². The zero-order valence-corrected chi connectivity index (χ0v) is 17.0. The van der Waals surface area contributed by atoms with Crippen molar-refractivity contribution in [3.05, 3.63) is 0 Å². The fraction of sp³-hybridized carbons (Fsp3) is 1.00. The van der Waals surface area contributed by atoms with Crippen molar-refractivity contribution in [1.82, 2.24) is 0 Å². The van der Waals surface area contributed by atoms with Crippen LogP contribution in [-0.2, 0) is 25.4 Å². The molecule has 0 aliphatic rings. The van der Waals surface area contributed by atoms with E-state index in [4.69, 9.17) is 25.4 Å². The Kier molecular flexibility index (Phi) is 11.4. The zero-order chi connectivity index (χ0) is 14.8. The Bertz CT molecular complexity index is 254. The standard InChI is InChI=1S/C13H31GeO3PS/c1-6-14(7-2,8-3)12-11-13-17-18(19,15-9-4)16-10-5/h6-13H2,1-5H3. The van der Waals surface area contributed by atoms with Crippen molar-refractivity contribution >= 4 is 31.8 Å². The van der Waals surface area contributed by atoms with Crippen LogP contribution in [0, 0.1) is 0 Å². The van der Waals surface area contributed by atoms with Crippen molar-refractivity contribution < 1.29 is 13.6 Å². The first-order valence-corrected chi connectivity index (χ1v) is 16.0. The van der Waals surface area contributed by atoms with E-state index in [2.05, 4.69) is 20.8 Å². The van der Waals surface area contributed by atoms with Crippen LogP contribution in [0.15, 0.2) is 0 Å². The Labute approximate surface area is 127 Å². The maximum atomic E-state index is 5.75. The monoisotopic (exact) mass is 372 g/mol. The van der Waals surface area contributed by atoms with Crippen LogP contribution in [0.4, 0.5) is 0 Å². The molecule has 0 spiro atoms. The summed E-state index contributed by atoms with van der Waals surface area (Å²) in [5.74, 6) is 0. The van der Waals surface area contributed by atoms with Gasteiger partial charge in [-0.1, -0.05) is 0 Å². The van der Waals surface area contributed by atoms with Crippen LogP contribution in [0.5, 0.6) is 0 Å². The van der Waals surface area contributed by atoms with Gasteiger partial charge >= 0.3 is 127 Å². The number of rotatable bonds is 12. The fourth-order valence-electron chi connectivity index (χ4n) is 2.33. The third kappa shape index (κ3) is 7.59. The first kappa shape index (κ1) is 20.1. The molecule has 0 saturated carbocycles. The summed E-state index contributed by atoms with van der Waals surface area (Å²) >= 11 is 3.79. The third-order valence-corrected chi connectivity index (χ3v) is 18.9. The van der Waals surface area contributed by atoms with Gasteiger partial charge in [0, 0.05) is 0 Å². The predicted octanol–water partition coefficient (Wildman–Crippen LogP) is 5.20. The van der Waals surface area contributed by atoms with Gasteiger partial charge in [-0.3, -0.25) is 0 Å². The van der Waals surface area contributed by atoms with Crippen molar-refractivity contribution in [2.24, 2.45) is 0 Å². The summed E-state index contributed by atoms with van der Waals surface area (Å²) in [6, 6.07) is 0. The topological polar surface area (TPSA) is 27.7 Å². The van der Waals surface area contributed by atoms with E-state index in [1.165, 1.54) is 21.0 Å². The second kappa shape index (κ2) is 10.8. The Balaban J connectivity index is 4.16. The Morgan fingerprint density at radius 3 is 1.68 bits per heavy atom. The molecule has 0 fully saturated rings. The number of hydrogen-bond acceptors (Lipinski definition) is 4. The van der Waals surface area contributed by atoms with Gasteiger partial charge in [-0.25, -0.2) is 0 Å². The summed E-state index contributed by atoms with van der Waals surface area (Å²) in [6.07, 6.45) is 1.11. The molecular formula is C13H31GeO3PS. The molecule has 3 nitrogen and oxygen atoms in total. The fourth-order valence-corrected chi connectivity index (χ4v) is 11.6.